The van der Waals surface area contributed by atoms with E-state index in [1.165, 1.54) is 0 Å². The Bertz CT molecular complexity index is 983. The Balaban J connectivity index is 1.66. The highest BCUT2D eigenvalue weighted by Crippen LogP contribution is 2.32. The molecule has 0 saturated carbocycles. The number of ether oxygens (including phenoxy) is 1. The number of oxazole rings is 1. The first-order valence-corrected chi connectivity index (χ1v) is 8.62. The molecule has 0 N–H and O–H groups in total. The maximum atomic E-state index is 10.9. The number of nitrogens with zero attached hydrogens (tertiary/aromatic N) is 1. The number of hydrogen-bond acceptors (Lipinski definition) is 4. The highest BCUT2D eigenvalue weighted by Gasteiger charge is 2.17. The van der Waals surface area contributed by atoms with Crippen LogP contribution in [-0.2, 0) is 6.61 Å². The van der Waals surface area contributed by atoms with E-state index in [9.17, 15) is 4.79 Å². The van der Waals surface area contributed by atoms with Crippen molar-refractivity contribution in [2.45, 2.75) is 6.61 Å². The lowest BCUT2D eigenvalue weighted by molar-refractivity contribution is 0.112. The van der Waals surface area contributed by atoms with E-state index in [4.69, 9.17) is 9.15 Å². The minimum Gasteiger partial charge on any atom is -0.484 e. The van der Waals surface area contributed by atoms with Crippen molar-refractivity contribution in [3.63, 3.8) is 0 Å². The fourth-order valence-electron chi connectivity index (χ4n) is 2.83. The molecular formula is C23H17NO3. The van der Waals surface area contributed by atoms with Crippen molar-refractivity contribution in [1.82, 2.24) is 4.98 Å². The van der Waals surface area contributed by atoms with E-state index in [1.54, 1.807) is 24.3 Å². The fourth-order valence-corrected chi connectivity index (χ4v) is 2.83. The topological polar surface area (TPSA) is 52.3 Å². The number of benzene rings is 3. The van der Waals surface area contributed by atoms with E-state index < -0.39 is 0 Å². The molecule has 132 valence electrons. The second kappa shape index (κ2) is 7.70. The van der Waals surface area contributed by atoms with E-state index in [-0.39, 0.29) is 6.61 Å². The van der Waals surface area contributed by atoms with Gasteiger partial charge in [0.1, 0.15) is 17.7 Å². The van der Waals surface area contributed by atoms with Gasteiger partial charge in [-0.2, -0.15) is 0 Å². The second-order valence-corrected chi connectivity index (χ2v) is 6.00. The number of carbonyl (C=O) groups is 1. The molecule has 4 aromatic rings. The van der Waals surface area contributed by atoms with Crippen LogP contribution in [0.1, 0.15) is 16.2 Å². The van der Waals surface area contributed by atoms with Gasteiger partial charge in [-0.05, 0) is 12.1 Å². The largest absolute Gasteiger partial charge is 0.484 e. The number of rotatable bonds is 6. The summed E-state index contributed by atoms with van der Waals surface area (Å²) in [6, 6.07) is 26.8. The van der Waals surface area contributed by atoms with Gasteiger partial charge in [-0.1, -0.05) is 72.8 Å². The van der Waals surface area contributed by atoms with Crippen LogP contribution in [0.2, 0.25) is 0 Å². The van der Waals surface area contributed by atoms with Crippen LogP contribution < -0.4 is 4.74 Å². The zero-order chi connectivity index (χ0) is 18.5. The molecule has 0 aliphatic rings. The van der Waals surface area contributed by atoms with Crippen LogP contribution in [0, 0.1) is 0 Å². The Hall–Kier alpha value is -3.66. The van der Waals surface area contributed by atoms with E-state index in [2.05, 4.69) is 4.98 Å². The van der Waals surface area contributed by atoms with Gasteiger partial charge in [0.2, 0.25) is 5.89 Å². The van der Waals surface area contributed by atoms with Crippen LogP contribution in [0.15, 0.2) is 89.3 Å². The normalized spacial score (nSPS) is 10.5. The van der Waals surface area contributed by atoms with Crippen molar-refractivity contribution in [2.24, 2.45) is 0 Å². The molecule has 0 saturated heterocycles. The van der Waals surface area contributed by atoms with Gasteiger partial charge in [-0.25, -0.2) is 4.98 Å². The fraction of sp³-hybridized carbons (Fsp3) is 0.0435. The van der Waals surface area contributed by atoms with Crippen molar-refractivity contribution >= 4 is 6.29 Å². The minimum absolute atomic E-state index is 0.176. The first kappa shape index (κ1) is 16.8. The number of aldehydes is 1. The maximum absolute atomic E-state index is 10.9. The summed E-state index contributed by atoms with van der Waals surface area (Å²) in [4.78, 5) is 15.6. The smallest absolute Gasteiger partial charge is 0.233 e. The minimum atomic E-state index is 0.176. The van der Waals surface area contributed by atoms with Gasteiger partial charge in [0.15, 0.2) is 12.4 Å². The van der Waals surface area contributed by atoms with Crippen LogP contribution in [0.25, 0.3) is 22.6 Å². The first-order chi connectivity index (χ1) is 13.3. The van der Waals surface area contributed by atoms with Gasteiger partial charge in [0, 0.05) is 16.7 Å². The third-order valence-corrected chi connectivity index (χ3v) is 4.11. The van der Waals surface area contributed by atoms with Crippen molar-refractivity contribution < 1.29 is 13.9 Å². The molecule has 0 unspecified atom stereocenters. The zero-order valence-corrected chi connectivity index (χ0v) is 14.5. The lowest BCUT2D eigenvalue weighted by Crippen LogP contribution is -1.96. The van der Waals surface area contributed by atoms with Gasteiger partial charge >= 0.3 is 0 Å². The van der Waals surface area contributed by atoms with Crippen LogP contribution in [-0.4, -0.2) is 11.3 Å². The Morgan fingerprint density at radius 1 is 0.852 bits per heavy atom. The Morgan fingerprint density at radius 3 is 2.26 bits per heavy atom. The van der Waals surface area contributed by atoms with E-state index in [0.29, 0.717) is 23.0 Å². The quantitative estimate of drug-likeness (QED) is 0.435. The molecule has 0 radical (unpaired) electrons. The lowest BCUT2D eigenvalue weighted by atomic mass is 10.1. The third kappa shape index (κ3) is 3.80. The summed E-state index contributed by atoms with van der Waals surface area (Å²) in [5.41, 5.74) is 3.28. The van der Waals surface area contributed by atoms with Crippen LogP contribution in [0.3, 0.4) is 0 Å². The Labute approximate surface area is 157 Å². The van der Waals surface area contributed by atoms with Gasteiger partial charge in [-0.15, -0.1) is 0 Å². The Kier molecular flexibility index (Phi) is 4.79. The molecule has 0 fully saturated rings. The molecule has 0 atom stereocenters. The molecular weight excluding hydrogens is 338 g/mol. The summed E-state index contributed by atoms with van der Waals surface area (Å²) >= 11 is 0. The van der Waals surface area contributed by atoms with Gasteiger partial charge in [0.25, 0.3) is 0 Å². The molecule has 0 spiro atoms. The highest BCUT2D eigenvalue weighted by molar-refractivity contribution is 5.77. The van der Waals surface area contributed by atoms with E-state index in [0.717, 1.165) is 23.1 Å². The first-order valence-electron chi connectivity index (χ1n) is 8.62. The SMILES string of the molecule is O=Cc1cccc(OCc2nc(-c3ccccc3)c(-c3ccccc3)o2)c1. The summed E-state index contributed by atoms with van der Waals surface area (Å²) in [6.07, 6.45) is 0.791. The molecule has 1 aromatic heterocycles. The van der Waals surface area contributed by atoms with Crippen molar-refractivity contribution in [3.05, 3.63) is 96.4 Å². The van der Waals surface area contributed by atoms with Gasteiger partial charge in [-0.3, -0.25) is 4.79 Å². The number of aromatic nitrogens is 1. The van der Waals surface area contributed by atoms with Crippen molar-refractivity contribution in [3.8, 4) is 28.3 Å². The van der Waals surface area contributed by atoms with Crippen LogP contribution in [0.5, 0.6) is 5.75 Å². The zero-order valence-electron chi connectivity index (χ0n) is 14.5. The van der Waals surface area contributed by atoms with E-state index >= 15 is 0 Å². The average Bonchev–Trinajstić information content (AvgIpc) is 3.18. The molecule has 0 aliphatic carbocycles. The predicted molar refractivity (Wildman–Crippen MR) is 104 cm³/mol. The summed E-state index contributed by atoms with van der Waals surface area (Å²) in [5.74, 6) is 1.78. The number of carbonyl (C=O) groups excluding carboxylic acids is 1. The highest BCUT2D eigenvalue weighted by atomic mass is 16.5. The number of hydrogen-bond donors (Lipinski definition) is 0. The molecule has 4 rings (SSSR count). The van der Waals surface area contributed by atoms with Crippen molar-refractivity contribution in [2.75, 3.05) is 0 Å². The average molecular weight is 355 g/mol. The van der Waals surface area contributed by atoms with Gasteiger partial charge < -0.3 is 9.15 Å². The third-order valence-electron chi connectivity index (χ3n) is 4.11. The Morgan fingerprint density at radius 2 is 1.56 bits per heavy atom. The second-order valence-electron chi connectivity index (χ2n) is 6.00. The molecule has 27 heavy (non-hydrogen) atoms. The summed E-state index contributed by atoms with van der Waals surface area (Å²) < 4.78 is 11.8. The molecule has 4 heteroatoms. The predicted octanol–water partition coefficient (Wildman–Crippen LogP) is 5.40. The summed E-state index contributed by atoms with van der Waals surface area (Å²) in [7, 11) is 0. The van der Waals surface area contributed by atoms with Crippen LogP contribution in [0.4, 0.5) is 0 Å². The molecule has 1 heterocycles. The molecule has 4 nitrogen and oxygen atoms in total. The molecule has 0 amide bonds. The van der Waals surface area contributed by atoms with E-state index in [1.807, 2.05) is 60.7 Å². The molecule has 0 aliphatic heterocycles. The summed E-state index contributed by atoms with van der Waals surface area (Å²) in [6.45, 7) is 0.176. The van der Waals surface area contributed by atoms with Crippen molar-refractivity contribution in [1.29, 1.82) is 0 Å². The van der Waals surface area contributed by atoms with Gasteiger partial charge in [0.05, 0.1) is 0 Å². The lowest BCUT2D eigenvalue weighted by Gasteiger charge is -2.03. The van der Waals surface area contributed by atoms with Crippen LogP contribution >= 0.6 is 0 Å². The summed E-state index contributed by atoms with van der Waals surface area (Å²) in [5, 5.41) is 0. The monoisotopic (exact) mass is 355 g/mol. The maximum Gasteiger partial charge on any atom is 0.233 e. The standard InChI is InChI=1S/C23H17NO3/c25-15-17-8-7-13-20(14-17)26-16-21-24-22(18-9-3-1-4-10-18)23(27-21)19-11-5-2-6-12-19/h1-15H,16H2. The molecule has 3 aromatic carbocycles. The molecule has 0 bridgehead atoms.